The topological polar surface area (TPSA) is 79.7 Å². The second-order valence-electron chi connectivity index (χ2n) is 8.01. The highest BCUT2D eigenvalue weighted by molar-refractivity contribution is 6.46. The number of benzene rings is 2. The van der Waals surface area contributed by atoms with Gasteiger partial charge in [0.15, 0.2) is 0 Å². The van der Waals surface area contributed by atoms with Crippen LogP contribution in [0.3, 0.4) is 0 Å². The summed E-state index contributed by atoms with van der Waals surface area (Å²) < 4.78 is 5.50. The van der Waals surface area contributed by atoms with Crippen LogP contribution >= 0.6 is 0 Å². The third-order valence-corrected chi connectivity index (χ3v) is 5.81. The van der Waals surface area contributed by atoms with Gasteiger partial charge in [0, 0.05) is 24.5 Å². The molecule has 6 heteroatoms. The van der Waals surface area contributed by atoms with E-state index in [1.807, 2.05) is 30.3 Å². The summed E-state index contributed by atoms with van der Waals surface area (Å²) >= 11 is 0. The van der Waals surface area contributed by atoms with Crippen LogP contribution in [0, 0.1) is 0 Å². The van der Waals surface area contributed by atoms with Gasteiger partial charge < -0.3 is 14.7 Å². The Morgan fingerprint density at radius 3 is 2.44 bits per heavy atom. The Hall–Kier alpha value is -4.19. The van der Waals surface area contributed by atoms with Gasteiger partial charge in [-0.2, -0.15) is 0 Å². The number of nitrogens with zero attached hydrogens (tertiary/aromatic N) is 2. The number of pyridine rings is 1. The van der Waals surface area contributed by atoms with Crippen LogP contribution in [-0.4, -0.2) is 33.3 Å². The maximum atomic E-state index is 13.2. The van der Waals surface area contributed by atoms with Crippen LogP contribution in [0.2, 0.25) is 0 Å². The van der Waals surface area contributed by atoms with Gasteiger partial charge in [-0.05, 0) is 53.4 Å². The predicted octanol–water partition coefficient (Wildman–Crippen LogP) is 4.83. The van der Waals surface area contributed by atoms with E-state index in [1.165, 1.54) is 4.90 Å². The number of amides is 1. The molecule has 1 aliphatic heterocycles. The zero-order valence-electron chi connectivity index (χ0n) is 19.0. The molecule has 0 saturated carbocycles. The summed E-state index contributed by atoms with van der Waals surface area (Å²) in [6, 6.07) is 17.4. The summed E-state index contributed by atoms with van der Waals surface area (Å²) in [5.74, 6) is -0.967. The zero-order valence-corrected chi connectivity index (χ0v) is 19.0. The van der Waals surface area contributed by atoms with Gasteiger partial charge in [-0.3, -0.25) is 14.6 Å². The molecular weight excluding hydrogens is 428 g/mol. The van der Waals surface area contributed by atoms with Crippen LogP contribution in [0.5, 0.6) is 5.75 Å². The number of ketones is 1. The number of Topliss-reactive ketones (excluding diaryl/α,β-unsaturated/α-hetero) is 1. The number of aryl methyl sites for hydroxylation is 1. The third-order valence-electron chi connectivity index (χ3n) is 5.81. The first kappa shape index (κ1) is 23.0. The first-order valence-electron chi connectivity index (χ1n) is 11.1. The summed E-state index contributed by atoms with van der Waals surface area (Å²) in [6.45, 7) is 6.24. The number of carbonyl (C=O) groups is 2. The first-order chi connectivity index (χ1) is 16.5. The van der Waals surface area contributed by atoms with E-state index in [4.69, 9.17) is 4.74 Å². The van der Waals surface area contributed by atoms with Crippen molar-refractivity contribution < 1.29 is 19.4 Å². The Labute approximate surface area is 198 Å². The molecule has 172 valence electrons. The second kappa shape index (κ2) is 10.2. The molecule has 0 aliphatic carbocycles. The fourth-order valence-electron chi connectivity index (χ4n) is 4.03. The number of aliphatic hydroxyl groups excluding tert-OH is 1. The number of likely N-dealkylation sites (tertiary alicyclic amines) is 1. The van der Waals surface area contributed by atoms with E-state index in [2.05, 4.69) is 18.5 Å². The van der Waals surface area contributed by atoms with Crippen LogP contribution in [0.25, 0.3) is 5.76 Å². The van der Waals surface area contributed by atoms with E-state index < -0.39 is 17.7 Å². The molecule has 2 aromatic carbocycles. The summed E-state index contributed by atoms with van der Waals surface area (Å²) in [6.07, 6.45) is 5.83. The van der Waals surface area contributed by atoms with Crippen LogP contribution in [0.15, 0.2) is 91.3 Å². The van der Waals surface area contributed by atoms with E-state index in [0.29, 0.717) is 17.9 Å². The van der Waals surface area contributed by atoms with E-state index in [1.54, 1.807) is 48.8 Å². The molecule has 6 nitrogen and oxygen atoms in total. The van der Waals surface area contributed by atoms with Gasteiger partial charge in [0.25, 0.3) is 11.7 Å². The Balaban J connectivity index is 1.78. The molecule has 2 heterocycles. The highest BCUT2D eigenvalue weighted by atomic mass is 16.5. The van der Waals surface area contributed by atoms with Crippen molar-refractivity contribution in [3.63, 3.8) is 0 Å². The lowest BCUT2D eigenvalue weighted by atomic mass is 9.94. The molecule has 3 aromatic rings. The maximum absolute atomic E-state index is 13.2. The molecule has 0 spiro atoms. The average Bonchev–Trinajstić information content (AvgIpc) is 3.13. The predicted molar refractivity (Wildman–Crippen MR) is 130 cm³/mol. The van der Waals surface area contributed by atoms with Crippen LogP contribution in [-0.2, 0) is 22.6 Å². The lowest BCUT2D eigenvalue weighted by molar-refractivity contribution is -0.140. The van der Waals surface area contributed by atoms with Crippen molar-refractivity contribution in [2.75, 3.05) is 6.61 Å². The lowest BCUT2D eigenvalue weighted by Gasteiger charge is -2.25. The van der Waals surface area contributed by atoms with Crippen molar-refractivity contribution in [1.82, 2.24) is 9.88 Å². The number of aliphatic hydroxyl groups is 1. The molecule has 1 atom stereocenters. The van der Waals surface area contributed by atoms with Gasteiger partial charge >= 0.3 is 0 Å². The normalized spacial score (nSPS) is 17.1. The molecule has 34 heavy (non-hydrogen) atoms. The van der Waals surface area contributed by atoms with Crippen molar-refractivity contribution in [2.24, 2.45) is 0 Å². The largest absolute Gasteiger partial charge is 0.507 e. The number of aromatic nitrogens is 1. The van der Waals surface area contributed by atoms with Crippen molar-refractivity contribution in [3.05, 3.63) is 114 Å². The Morgan fingerprint density at radius 1 is 1.09 bits per heavy atom. The molecule has 1 saturated heterocycles. The van der Waals surface area contributed by atoms with E-state index in [9.17, 15) is 14.7 Å². The third kappa shape index (κ3) is 4.62. The molecule has 0 bridgehead atoms. The molecule has 1 aromatic heterocycles. The fourth-order valence-corrected chi connectivity index (χ4v) is 4.03. The number of carbonyl (C=O) groups excluding carboxylic acids is 2. The smallest absolute Gasteiger partial charge is 0.295 e. The molecule has 1 amide bonds. The molecule has 0 radical (unpaired) electrons. The zero-order chi connectivity index (χ0) is 24.1. The molecule has 1 fully saturated rings. The van der Waals surface area contributed by atoms with Crippen molar-refractivity contribution >= 4 is 17.4 Å². The van der Waals surface area contributed by atoms with Gasteiger partial charge in [0.1, 0.15) is 18.1 Å². The minimum atomic E-state index is -0.720. The number of rotatable bonds is 8. The van der Waals surface area contributed by atoms with E-state index in [-0.39, 0.29) is 17.9 Å². The second-order valence-corrected chi connectivity index (χ2v) is 8.01. The molecule has 4 rings (SSSR count). The molecule has 1 N–H and O–H groups in total. The van der Waals surface area contributed by atoms with Gasteiger partial charge in [0.2, 0.25) is 0 Å². The number of hydrogen-bond donors (Lipinski definition) is 1. The Morgan fingerprint density at radius 2 is 1.82 bits per heavy atom. The Kier molecular flexibility index (Phi) is 6.87. The minimum Gasteiger partial charge on any atom is -0.507 e. The van der Waals surface area contributed by atoms with E-state index in [0.717, 1.165) is 23.1 Å². The SMILES string of the molecule is C=CCOc1ccc(C(O)=C2C(=O)C(=O)N(Cc3cccnc3)[C@@H]2c2ccc(CC)cc2)cc1. The Bertz CT molecular complexity index is 1220. The summed E-state index contributed by atoms with van der Waals surface area (Å²) in [7, 11) is 0. The molecule has 1 aliphatic rings. The summed E-state index contributed by atoms with van der Waals surface area (Å²) in [5.41, 5.74) is 3.19. The van der Waals surface area contributed by atoms with Crippen molar-refractivity contribution in [2.45, 2.75) is 25.9 Å². The van der Waals surface area contributed by atoms with Crippen LogP contribution in [0.1, 0.15) is 35.2 Å². The average molecular weight is 455 g/mol. The number of ether oxygens (including phenoxy) is 1. The monoisotopic (exact) mass is 454 g/mol. The summed E-state index contributed by atoms with van der Waals surface area (Å²) in [4.78, 5) is 31.9. The highest BCUT2D eigenvalue weighted by Gasteiger charge is 2.46. The highest BCUT2D eigenvalue weighted by Crippen LogP contribution is 2.40. The van der Waals surface area contributed by atoms with E-state index >= 15 is 0 Å². The molecule has 0 unspecified atom stereocenters. The van der Waals surface area contributed by atoms with Gasteiger partial charge in [-0.1, -0.05) is 49.9 Å². The number of hydrogen-bond acceptors (Lipinski definition) is 5. The van der Waals surface area contributed by atoms with Crippen molar-refractivity contribution in [3.8, 4) is 5.75 Å². The van der Waals surface area contributed by atoms with Gasteiger partial charge in [0.05, 0.1) is 11.6 Å². The fraction of sp³-hybridized carbons (Fsp3) is 0.179. The lowest BCUT2D eigenvalue weighted by Crippen LogP contribution is -2.29. The van der Waals surface area contributed by atoms with Crippen molar-refractivity contribution in [1.29, 1.82) is 0 Å². The van der Waals surface area contributed by atoms with Gasteiger partial charge in [-0.15, -0.1) is 0 Å². The standard InChI is InChI=1S/C28H26N2O4/c1-3-16-34-23-13-11-22(12-14-23)26(31)24-25(21-9-7-19(4-2)8-10-21)30(28(33)27(24)32)18-20-6-5-15-29-17-20/h3,5-15,17,25,31H,1,4,16,18H2,2H3/t25-/m1/s1. The molecular formula is C28H26N2O4. The maximum Gasteiger partial charge on any atom is 0.295 e. The van der Waals surface area contributed by atoms with Crippen LogP contribution < -0.4 is 4.74 Å². The first-order valence-corrected chi connectivity index (χ1v) is 11.1. The van der Waals surface area contributed by atoms with Gasteiger partial charge in [-0.25, -0.2) is 0 Å². The quantitative estimate of drug-likeness (QED) is 0.228. The van der Waals surface area contributed by atoms with Crippen LogP contribution in [0.4, 0.5) is 0 Å². The summed E-state index contributed by atoms with van der Waals surface area (Å²) in [5, 5.41) is 11.2. The minimum absolute atomic E-state index is 0.0675.